The number of nitrogens with zero attached hydrogens (tertiary/aromatic N) is 2. The van der Waals surface area contributed by atoms with Gasteiger partial charge < -0.3 is 21.5 Å². The predicted molar refractivity (Wildman–Crippen MR) is 86.2 cm³/mol. The first-order valence-electron chi connectivity index (χ1n) is 7.18. The number of benzene rings is 1. The fraction of sp³-hybridized carbons (Fsp3) is 0.385. The van der Waals surface area contributed by atoms with Gasteiger partial charge in [0.25, 0.3) is 11.4 Å². The molecule has 0 bridgehead atoms. The Kier molecular flexibility index (Phi) is 7.06. The number of unbranched alkanes of at least 4 members (excludes halogenated alkanes) is 1. The van der Waals surface area contributed by atoms with E-state index in [1.807, 2.05) is 0 Å². The van der Waals surface area contributed by atoms with Crippen LogP contribution >= 0.6 is 0 Å². The third-order valence-electron chi connectivity index (χ3n) is 3.24. The Balaban J connectivity index is 2.80. The minimum Gasteiger partial charge on any atom is -0.480 e. The normalized spacial score (nSPS) is 11.4. The topological polar surface area (TPSA) is 191 Å². The second-order valence-electron chi connectivity index (χ2n) is 5.04. The highest BCUT2D eigenvalue weighted by atomic mass is 16.6. The number of hydrogen-bond donors (Lipinski definition) is 4. The number of aliphatic carboxylic acids is 1. The van der Waals surface area contributed by atoms with Crippen LogP contribution in [0.15, 0.2) is 18.2 Å². The summed E-state index contributed by atoms with van der Waals surface area (Å²) in [4.78, 5) is 42.0. The third kappa shape index (κ3) is 6.29. The number of carboxylic acids is 1. The largest absolute Gasteiger partial charge is 0.480 e. The van der Waals surface area contributed by atoms with Gasteiger partial charge in [-0.25, -0.2) is 9.59 Å². The highest BCUT2D eigenvalue weighted by Crippen LogP contribution is 2.29. The van der Waals surface area contributed by atoms with Crippen LogP contribution in [0.25, 0.3) is 0 Å². The number of nitro groups is 2. The molecule has 0 saturated heterocycles. The molecule has 12 heteroatoms. The van der Waals surface area contributed by atoms with Gasteiger partial charge in [0.15, 0.2) is 0 Å². The summed E-state index contributed by atoms with van der Waals surface area (Å²) < 4.78 is 0. The van der Waals surface area contributed by atoms with Gasteiger partial charge in [-0.3, -0.25) is 20.2 Å². The zero-order valence-electron chi connectivity index (χ0n) is 13.0. The number of nitrogens with two attached hydrogens (primary N) is 1. The molecule has 0 saturated carbocycles. The summed E-state index contributed by atoms with van der Waals surface area (Å²) in [6.45, 7) is 0.277. The van der Waals surface area contributed by atoms with E-state index < -0.39 is 39.3 Å². The predicted octanol–water partition coefficient (Wildman–Crippen LogP) is 1.21. The minimum absolute atomic E-state index is 0.127. The first-order valence-corrected chi connectivity index (χ1v) is 7.18. The maximum absolute atomic E-state index is 11.3. The SMILES string of the molecule is NC(=O)NCCCC[C@H](Nc1ccc([N+](=O)[O-])cc1[N+](=O)[O-])C(=O)O. The Labute approximate surface area is 141 Å². The average Bonchev–Trinajstić information content (AvgIpc) is 2.52. The standard InChI is InChI=1S/C13H17N5O7/c14-13(21)15-6-2-1-3-10(12(19)20)16-9-5-4-8(17(22)23)7-11(9)18(24)25/h4-5,7,10,16H,1-3,6H2,(H,19,20)(H3,14,15,21)/t10-/m0/s1. The molecule has 0 fully saturated rings. The summed E-state index contributed by atoms with van der Waals surface area (Å²) in [5.74, 6) is -1.23. The number of primary amides is 1. The van der Waals surface area contributed by atoms with Crippen LogP contribution in [0.3, 0.4) is 0 Å². The summed E-state index contributed by atoms with van der Waals surface area (Å²) in [6, 6.07) is 1.09. The molecule has 0 heterocycles. The van der Waals surface area contributed by atoms with Gasteiger partial charge in [-0.1, -0.05) is 0 Å². The van der Waals surface area contributed by atoms with Crippen molar-refractivity contribution >= 4 is 29.1 Å². The van der Waals surface area contributed by atoms with E-state index in [2.05, 4.69) is 10.6 Å². The fourth-order valence-corrected chi connectivity index (χ4v) is 2.04. The Morgan fingerprint density at radius 1 is 1.20 bits per heavy atom. The van der Waals surface area contributed by atoms with Crippen LogP contribution < -0.4 is 16.4 Å². The van der Waals surface area contributed by atoms with Gasteiger partial charge in [0, 0.05) is 12.6 Å². The van der Waals surface area contributed by atoms with Gasteiger partial charge in [0.05, 0.1) is 15.9 Å². The highest BCUT2D eigenvalue weighted by molar-refractivity contribution is 5.79. The maximum atomic E-state index is 11.3. The van der Waals surface area contributed by atoms with Crippen LogP contribution in [0.5, 0.6) is 0 Å². The maximum Gasteiger partial charge on any atom is 0.326 e. The van der Waals surface area contributed by atoms with Crippen LogP contribution in [0.2, 0.25) is 0 Å². The summed E-state index contributed by atoms with van der Waals surface area (Å²) in [7, 11) is 0. The number of anilines is 1. The van der Waals surface area contributed by atoms with E-state index in [0.29, 0.717) is 12.8 Å². The number of non-ortho nitro benzene ring substituents is 1. The van der Waals surface area contributed by atoms with E-state index in [0.717, 1.165) is 18.2 Å². The lowest BCUT2D eigenvalue weighted by molar-refractivity contribution is -0.393. The van der Waals surface area contributed by atoms with Crippen molar-refractivity contribution in [2.24, 2.45) is 5.73 Å². The molecule has 0 aliphatic rings. The van der Waals surface area contributed by atoms with E-state index in [-0.39, 0.29) is 18.7 Å². The van der Waals surface area contributed by atoms with Gasteiger partial charge >= 0.3 is 12.0 Å². The van der Waals surface area contributed by atoms with Gasteiger partial charge in [-0.05, 0) is 25.3 Å². The first kappa shape index (κ1) is 19.6. The number of rotatable bonds is 10. The molecule has 0 aliphatic heterocycles. The van der Waals surface area contributed by atoms with Gasteiger partial charge in [-0.15, -0.1) is 0 Å². The zero-order valence-corrected chi connectivity index (χ0v) is 13.0. The highest BCUT2D eigenvalue weighted by Gasteiger charge is 2.24. The molecule has 25 heavy (non-hydrogen) atoms. The molecule has 0 aliphatic carbocycles. The number of nitrogens with one attached hydrogen (secondary N) is 2. The molecule has 1 atom stereocenters. The molecule has 0 spiro atoms. The monoisotopic (exact) mass is 355 g/mol. The molecule has 5 N–H and O–H groups in total. The lowest BCUT2D eigenvalue weighted by atomic mass is 10.1. The van der Waals surface area contributed by atoms with Crippen LogP contribution in [-0.4, -0.2) is 39.5 Å². The number of carbonyl (C=O) groups is 2. The number of amides is 2. The molecular weight excluding hydrogens is 338 g/mol. The number of urea groups is 1. The van der Waals surface area contributed by atoms with Crippen molar-refractivity contribution in [2.75, 3.05) is 11.9 Å². The van der Waals surface area contributed by atoms with Crippen molar-refractivity contribution in [1.82, 2.24) is 5.32 Å². The molecule has 2 amide bonds. The molecule has 1 aromatic carbocycles. The van der Waals surface area contributed by atoms with Gasteiger partial charge in [0.1, 0.15) is 11.7 Å². The van der Waals surface area contributed by atoms with E-state index in [1.165, 1.54) is 0 Å². The number of carbonyl (C=O) groups excluding carboxylic acids is 1. The fourth-order valence-electron chi connectivity index (χ4n) is 2.04. The van der Waals surface area contributed by atoms with Crippen molar-refractivity contribution in [3.8, 4) is 0 Å². The second-order valence-corrected chi connectivity index (χ2v) is 5.04. The number of carboxylic acid groups (broad SMARTS) is 1. The van der Waals surface area contributed by atoms with E-state index in [9.17, 15) is 34.9 Å². The van der Waals surface area contributed by atoms with Gasteiger partial charge in [-0.2, -0.15) is 0 Å². The molecule has 1 aromatic rings. The van der Waals surface area contributed by atoms with Crippen LogP contribution in [0, 0.1) is 20.2 Å². The average molecular weight is 355 g/mol. The van der Waals surface area contributed by atoms with Crippen molar-refractivity contribution in [1.29, 1.82) is 0 Å². The Morgan fingerprint density at radius 2 is 1.88 bits per heavy atom. The summed E-state index contributed by atoms with van der Waals surface area (Å²) in [6.07, 6.45) is 1.01. The van der Waals surface area contributed by atoms with Gasteiger partial charge in [0.2, 0.25) is 0 Å². The van der Waals surface area contributed by atoms with Crippen molar-refractivity contribution in [2.45, 2.75) is 25.3 Å². The smallest absolute Gasteiger partial charge is 0.326 e. The summed E-state index contributed by atoms with van der Waals surface area (Å²) in [5.41, 5.74) is 3.71. The molecule has 1 rings (SSSR count). The van der Waals surface area contributed by atoms with Crippen molar-refractivity contribution in [3.05, 3.63) is 38.4 Å². The summed E-state index contributed by atoms with van der Waals surface area (Å²) >= 11 is 0. The Bertz CT molecular complexity index is 679. The lowest BCUT2D eigenvalue weighted by Gasteiger charge is -2.15. The van der Waals surface area contributed by atoms with Crippen LogP contribution in [-0.2, 0) is 4.79 Å². The van der Waals surface area contributed by atoms with E-state index >= 15 is 0 Å². The second kappa shape index (κ2) is 9.00. The molecule has 136 valence electrons. The molecule has 0 aromatic heterocycles. The Morgan fingerprint density at radius 3 is 2.40 bits per heavy atom. The molecular formula is C13H17N5O7. The van der Waals surface area contributed by atoms with E-state index in [4.69, 9.17) is 5.73 Å². The van der Waals surface area contributed by atoms with Crippen molar-refractivity contribution < 1.29 is 24.5 Å². The van der Waals surface area contributed by atoms with Crippen LogP contribution in [0.4, 0.5) is 21.9 Å². The van der Waals surface area contributed by atoms with E-state index in [1.54, 1.807) is 0 Å². The zero-order chi connectivity index (χ0) is 19.0. The quantitative estimate of drug-likeness (QED) is 0.273. The lowest BCUT2D eigenvalue weighted by Crippen LogP contribution is -2.31. The minimum atomic E-state index is -1.23. The number of hydrogen-bond acceptors (Lipinski definition) is 7. The Hall–Kier alpha value is -3.44. The summed E-state index contributed by atoms with van der Waals surface area (Å²) in [5, 5.41) is 35.8. The van der Waals surface area contributed by atoms with Crippen molar-refractivity contribution in [3.63, 3.8) is 0 Å². The first-order chi connectivity index (χ1) is 11.7. The molecule has 0 unspecified atom stereocenters. The molecule has 12 nitrogen and oxygen atoms in total. The van der Waals surface area contributed by atoms with Crippen LogP contribution in [0.1, 0.15) is 19.3 Å². The molecule has 0 radical (unpaired) electrons. The number of nitro benzene ring substituents is 2. The third-order valence-corrected chi connectivity index (χ3v) is 3.24.